The molecule has 0 rings (SSSR count). The van der Waals surface area contributed by atoms with E-state index in [1.165, 1.54) is 38.3 Å². The van der Waals surface area contributed by atoms with Gasteiger partial charge in [-0.2, -0.15) is 0 Å². The Hall–Kier alpha value is -1.31. The maximum Gasteiger partial charge on any atom is 0.251 e. The van der Waals surface area contributed by atoms with Crippen molar-refractivity contribution in [2.45, 2.75) is 78.6 Å². The van der Waals surface area contributed by atoms with Crippen LogP contribution in [-0.4, -0.2) is 5.91 Å². The van der Waals surface area contributed by atoms with Gasteiger partial charge in [0, 0.05) is 5.57 Å². The number of carbonyl (C=O) groups excluding carboxylic acids is 1. The number of hydrogen-bond acceptors (Lipinski definition) is 1. The van der Waals surface area contributed by atoms with Crippen LogP contribution in [0.25, 0.3) is 0 Å². The van der Waals surface area contributed by atoms with E-state index in [1.54, 1.807) is 6.08 Å². The predicted molar refractivity (Wildman–Crippen MR) is 97.6 cm³/mol. The summed E-state index contributed by atoms with van der Waals surface area (Å²) < 4.78 is 0. The van der Waals surface area contributed by atoms with Crippen molar-refractivity contribution in [2.24, 2.45) is 5.41 Å². The molecule has 0 saturated heterocycles. The summed E-state index contributed by atoms with van der Waals surface area (Å²) in [5.74, 6) is -0.0398. The Morgan fingerprint density at radius 2 is 1.59 bits per heavy atom. The first-order valence-corrected chi connectivity index (χ1v) is 8.80. The molecule has 0 heterocycles. The van der Waals surface area contributed by atoms with Crippen LogP contribution in [0.15, 0.2) is 37.1 Å². The summed E-state index contributed by atoms with van der Waals surface area (Å²) in [4.78, 5) is 12.4. The van der Waals surface area contributed by atoms with Crippen molar-refractivity contribution < 1.29 is 4.79 Å². The van der Waals surface area contributed by atoms with Gasteiger partial charge in [-0.3, -0.25) is 4.79 Å². The zero-order chi connectivity index (χ0) is 16.8. The largest absolute Gasteiger partial charge is 0.329 e. The van der Waals surface area contributed by atoms with E-state index in [0.717, 1.165) is 31.3 Å². The zero-order valence-corrected chi connectivity index (χ0v) is 14.9. The van der Waals surface area contributed by atoms with Crippen LogP contribution in [0.4, 0.5) is 0 Å². The number of hydrogen-bond donors (Lipinski definition) is 1. The van der Waals surface area contributed by atoms with Crippen LogP contribution in [-0.2, 0) is 4.79 Å². The van der Waals surface area contributed by atoms with Gasteiger partial charge in [0.25, 0.3) is 5.91 Å². The molecule has 22 heavy (non-hydrogen) atoms. The molecule has 0 fully saturated rings. The van der Waals surface area contributed by atoms with Crippen molar-refractivity contribution in [1.29, 1.82) is 0 Å². The number of nitrogens with one attached hydrogen (secondary N) is 1. The molecule has 0 aromatic rings. The SMILES string of the molecule is C=C/C=C(\C(=O)NC=C)C(C)(CCCC)CCCCCCC. The Morgan fingerprint density at radius 3 is 2.14 bits per heavy atom. The maximum atomic E-state index is 12.4. The zero-order valence-electron chi connectivity index (χ0n) is 14.9. The Bertz CT molecular complexity index is 370. The highest BCUT2D eigenvalue weighted by Crippen LogP contribution is 2.38. The summed E-state index contributed by atoms with van der Waals surface area (Å²) in [5.41, 5.74) is 0.759. The second kappa shape index (κ2) is 12.3. The van der Waals surface area contributed by atoms with Crippen LogP contribution in [0, 0.1) is 5.41 Å². The van der Waals surface area contributed by atoms with Gasteiger partial charge in [-0.05, 0) is 24.5 Å². The molecule has 0 aromatic carbocycles. The molecule has 126 valence electrons. The number of carbonyl (C=O) groups is 1. The van der Waals surface area contributed by atoms with E-state index in [-0.39, 0.29) is 11.3 Å². The molecule has 2 heteroatoms. The van der Waals surface area contributed by atoms with Crippen molar-refractivity contribution >= 4 is 5.91 Å². The van der Waals surface area contributed by atoms with E-state index < -0.39 is 0 Å². The van der Waals surface area contributed by atoms with Crippen LogP contribution >= 0.6 is 0 Å². The molecule has 1 unspecified atom stereocenters. The van der Waals surface area contributed by atoms with E-state index in [1.807, 2.05) is 6.08 Å². The monoisotopic (exact) mass is 305 g/mol. The van der Waals surface area contributed by atoms with Crippen LogP contribution < -0.4 is 5.32 Å². The van der Waals surface area contributed by atoms with Crippen LogP contribution in [0.2, 0.25) is 0 Å². The molecule has 0 aliphatic heterocycles. The normalized spacial score (nSPS) is 14.2. The predicted octanol–water partition coefficient (Wildman–Crippen LogP) is 5.92. The minimum absolute atomic E-state index is 0.0398. The lowest BCUT2D eigenvalue weighted by molar-refractivity contribution is -0.117. The maximum absolute atomic E-state index is 12.4. The van der Waals surface area contributed by atoms with Crippen molar-refractivity contribution in [3.05, 3.63) is 37.1 Å². The molecule has 0 spiro atoms. The second-order valence-corrected chi connectivity index (χ2v) is 6.32. The molecule has 1 atom stereocenters. The Morgan fingerprint density at radius 1 is 1.00 bits per heavy atom. The molecular weight excluding hydrogens is 270 g/mol. The lowest BCUT2D eigenvalue weighted by Crippen LogP contribution is -2.31. The fraction of sp³-hybridized carbons (Fsp3) is 0.650. The highest BCUT2D eigenvalue weighted by Gasteiger charge is 2.31. The van der Waals surface area contributed by atoms with Gasteiger partial charge < -0.3 is 5.32 Å². The number of unbranched alkanes of at least 4 members (excludes halogenated alkanes) is 5. The Balaban J connectivity index is 4.99. The van der Waals surface area contributed by atoms with Crippen molar-refractivity contribution in [2.75, 3.05) is 0 Å². The van der Waals surface area contributed by atoms with Crippen molar-refractivity contribution in [3.8, 4) is 0 Å². The molecule has 0 aliphatic carbocycles. The molecule has 1 amide bonds. The van der Waals surface area contributed by atoms with Gasteiger partial charge in [0.05, 0.1) is 0 Å². The van der Waals surface area contributed by atoms with E-state index >= 15 is 0 Å². The van der Waals surface area contributed by atoms with E-state index in [4.69, 9.17) is 0 Å². The summed E-state index contributed by atoms with van der Waals surface area (Å²) in [6, 6.07) is 0. The number of rotatable bonds is 13. The standard InChI is InChI=1S/C20H35NO/c1-6-10-12-13-14-17-20(5,16-11-7-2)18(15-8-3)19(22)21-9-4/h8-9,15H,3-4,6-7,10-14,16-17H2,1-2,5H3,(H,21,22)/b18-15+. The Labute approximate surface area is 137 Å². The average Bonchev–Trinajstić information content (AvgIpc) is 2.50. The lowest BCUT2D eigenvalue weighted by atomic mass is 9.73. The van der Waals surface area contributed by atoms with E-state index in [2.05, 4.69) is 39.2 Å². The summed E-state index contributed by atoms with van der Waals surface area (Å²) in [6.07, 6.45) is 15.7. The summed E-state index contributed by atoms with van der Waals surface area (Å²) in [7, 11) is 0. The minimum Gasteiger partial charge on any atom is -0.329 e. The fourth-order valence-electron chi connectivity index (χ4n) is 2.92. The minimum atomic E-state index is -0.0799. The van der Waals surface area contributed by atoms with Crippen LogP contribution in [0.1, 0.15) is 78.6 Å². The lowest BCUT2D eigenvalue weighted by Gasteiger charge is -2.32. The van der Waals surface area contributed by atoms with Gasteiger partial charge in [0.1, 0.15) is 0 Å². The first-order chi connectivity index (χ1) is 10.6. The van der Waals surface area contributed by atoms with E-state index in [9.17, 15) is 4.79 Å². The number of allylic oxidation sites excluding steroid dienone is 2. The first-order valence-electron chi connectivity index (χ1n) is 8.80. The molecule has 0 radical (unpaired) electrons. The molecule has 0 bridgehead atoms. The second-order valence-electron chi connectivity index (χ2n) is 6.32. The molecule has 2 nitrogen and oxygen atoms in total. The van der Waals surface area contributed by atoms with Gasteiger partial charge in [0.15, 0.2) is 0 Å². The van der Waals surface area contributed by atoms with Gasteiger partial charge in [-0.15, -0.1) is 0 Å². The Kier molecular flexibility index (Phi) is 11.5. The summed E-state index contributed by atoms with van der Waals surface area (Å²) in [5, 5.41) is 2.73. The molecule has 1 N–H and O–H groups in total. The van der Waals surface area contributed by atoms with Gasteiger partial charge in [-0.25, -0.2) is 0 Å². The van der Waals surface area contributed by atoms with Gasteiger partial charge in [-0.1, -0.05) is 91.0 Å². The fourth-order valence-corrected chi connectivity index (χ4v) is 2.92. The third-order valence-electron chi connectivity index (χ3n) is 4.33. The van der Waals surface area contributed by atoms with Crippen molar-refractivity contribution in [3.63, 3.8) is 0 Å². The smallest absolute Gasteiger partial charge is 0.251 e. The summed E-state index contributed by atoms with van der Waals surface area (Å²) >= 11 is 0. The third-order valence-corrected chi connectivity index (χ3v) is 4.33. The topological polar surface area (TPSA) is 29.1 Å². The first kappa shape index (κ1) is 20.7. The molecular formula is C20H35NO. The van der Waals surface area contributed by atoms with Gasteiger partial charge >= 0.3 is 0 Å². The average molecular weight is 306 g/mol. The summed E-state index contributed by atoms with van der Waals surface area (Å²) in [6.45, 7) is 14.0. The molecule has 0 saturated carbocycles. The van der Waals surface area contributed by atoms with Crippen LogP contribution in [0.5, 0.6) is 0 Å². The van der Waals surface area contributed by atoms with Crippen LogP contribution in [0.3, 0.4) is 0 Å². The van der Waals surface area contributed by atoms with Gasteiger partial charge in [0.2, 0.25) is 0 Å². The highest BCUT2D eigenvalue weighted by atomic mass is 16.1. The van der Waals surface area contributed by atoms with Crippen molar-refractivity contribution in [1.82, 2.24) is 5.32 Å². The number of amides is 1. The highest BCUT2D eigenvalue weighted by molar-refractivity contribution is 5.95. The van der Waals surface area contributed by atoms with E-state index in [0.29, 0.717) is 0 Å². The quantitative estimate of drug-likeness (QED) is 0.255. The third kappa shape index (κ3) is 7.63. The molecule has 0 aromatic heterocycles. The molecule has 0 aliphatic rings.